The van der Waals surface area contributed by atoms with Gasteiger partial charge in [-0.1, -0.05) is 0 Å². The van der Waals surface area contributed by atoms with Gasteiger partial charge in [0, 0.05) is 68.7 Å². The first-order chi connectivity index (χ1) is 17.8. The molecule has 0 amide bonds. The van der Waals surface area contributed by atoms with Crippen molar-refractivity contribution in [3.8, 4) is 0 Å². The summed E-state index contributed by atoms with van der Waals surface area (Å²) in [7, 11) is 1.96. The van der Waals surface area contributed by atoms with Gasteiger partial charge in [-0.05, 0) is 63.9 Å². The van der Waals surface area contributed by atoms with Crippen LogP contribution in [-0.4, -0.2) is 77.0 Å². The number of aryl methyl sites for hydroxylation is 3. The Hall–Kier alpha value is -2.49. The van der Waals surface area contributed by atoms with E-state index in [-0.39, 0.29) is 5.54 Å². The van der Waals surface area contributed by atoms with Gasteiger partial charge in [-0.25, -0.2) is 4.98 Å². The maximum Gasteiger partial charge on any atom is 0.159 e. The van der Waals surface area contributed by atoms with Gasteiger partial charge < -0.3 is 15.1 Å². The van der Waals surface area contributed by atoms with Gasteiger partial charge in [-0.15, -0.1) is 0 Å². The Bertz CT molecular complexity index is 1330. The molecule has 0 aromatic carbocycles. The number of aromatic nitrogens is 5. The molecule has 37 heavy (non-hydrogen) atoms. The Morgan fingerprint density at radius 2 is 1.73 bits per heavy atom. The highest BCUT2D eigenvalue weighted by Gasteiger charge is 2.53. The Morgan fingerprint density at radius 1 is 1.03 bits per heavy atom. The van der Waals surface area contributed by atoms with Gasteiger partial charge in [0.25, 0.3) is 0 Å². The molecule has 0 unspecified atom stereocenters. The Balaban J connectivity index is 1.10. The minimum atomic E-state index is -0.591. The summed E-state index contributed by atoms with van der Waals surface area (Å²) in [5.74, 6) is 0. The third kappa shape index (κ3) is 3.65. The zero-order valence-corrected chi connectivity index (χ0v) is 22.3. The summed E-state index contributed by atoms with van der Waals surface area (Å²) in [6.07, 6.45) is 8.92. The van der Waals surface area contributed by atoms with Gasteiger partial charge >= 0.3 is 0 Å². The van der Waals surface area contributed by atoms with Crippen LogP contribution in [-0.2, 0) is 26.6 Å². The number of fused-ring (bicyclic) bond motifs is 5. The molecule has 3 saturated carbocycles. The maximum absolute atomic E-state index is 10.1. The highest BCUT2D eigenvalue weighted by molar-refractivity contribution is 5.89. The molecule has 1 saturated heterocycles. The largest absolute Gasteiger partial charge is 0.389 e. The maximum atomic E-state index is 10.1. The van der Waals surface area contributed by atoms with Crippen molar-refractivity contribution in [2.45, 2.75) is 89.6 Å². The van der Waals surface area contributed by atoms with Crippen LogP contribution in [0.25, 0.3) is 11.0 Å². The molecule has 5 heterocycles. The van der Waals surface area contributed by atoms with Crippen LogP contribution in [0.2, 0.25) is 0 Å². The van der Waals surface area contributed by atoms with E-state index < -0.39 is 12.2 Å². The molecule has 4 fully saturated rings. The second-order valence-corrected chi connectivity index (χ2v) is 12.4. The van der Waals surface area contributed by atoms with Crippen LogP contribution >= 0.6 is 0 Å². The molecule has 5 aliphatic rings. The molecular formula is C28H39N7O2. The summed E-state index contributed by atoms with van der Waals surface area (Å²) in [6, 6.07) is 2.20. The molecule has 8 rings (SSSR count). The third-order valence-corrected chi connectivity index (χ3v) is 10.3. The molecule has 2 aliphatic heterocycles. The quantitative estimate of drug-likeness (QED) is 0.562. The number of hydrogen-bond donors (Lipinski definition) is 2. The molecule has 3 aromatic rings. The molecule has 0 radical (unpaired) electrons. The van der Waals surface area contributed by atoms with Crippen LogP contribution in [0.15, 0.2) is 12.3 Å². The molecule has 2 atom stereocenters. The Kier molecular flexibility index (Phi) is 5.27. The van der Waals surface area contributed by atoms with Gasteiger partial charge in [-0.2, -0.15) is 10.2 Å². The monoisotopic (exact) mass is 505 g/mol. The summed E-state index contributed by atoms with van der Waals surface area (Å²) in [5, 5.41) is 30.9. The fraction of sp³-hybridized carbons (Fsp3) is 0.679. The predicted octanol–water partition coefficient (Wildman–Crippen LogP) is 2.47. The van der Waals surface area contributed by atoms with E-state index in [9.17, 15) is 10.2 Å². The van der Waals surface area contributed by atoms with E-state index in [2.05, 4.69) is 39.5 Å². The molecule has 2 N–H and O–H groups in total. The second kappa shape index (κ2) is 8.25. The van der Waals surface area contributed by atoms with Crippen LogP contribution in [0.5, 0.6) is 0 Å². The number of aliphatic hydroxyl groups excluding tert-OH is 2. The number of hydrogen-bond acceptors (Lipinski definition) is 7. The molecule has 3 aromatic heterocycles. The van der Waals surface area contributed by atoms with Crippen molar-refractivity contribution in [2.24, 2.45) is 12.5 Å². The fourth-order valence-electron chi connectivity index (χ4n) is 7.91. The van der Waals surface area contributed by atoms with E-state index in [1.807, 2.05) is 17.9 Å². The zero-order valence-electron chi connectivity index (χ0n) is 22.3. The number of anilines is 1. The van der Waals surface area contributed by atoms with Crippen LogP contribution in [0.1, 0.15) is 61.2 Å². The van der Waals surface area contributed by atoms with Crippen molar-refractivity contribution in [1.82, 2.24) is 29.4 Å². The van der Waals surface area contributed by atoms with Gasteiger partial charge in [0.1, 0.15) is 0 Å². The highest BCUT2D eigenvalue weighted by Crippen LogP contribution is 2.56. The summed E-state index contributed by atoms with van der Waals surface area (Å²) in [6.45, 7) is 8.35. The van der Waals surface area contributed by atoms with Crippen LogP contribution < -0.4 is 4.90 Å². The summed E-state index contributed by atoms with van der Waals surface area (Å²) in [4.78, 5) is 9.59. The number of nitrogens with zero attached hydrogens (tertiary/aromatic N) is 7. The number of β-amino-alcohol motifs (C(OH)–C–C–N with tert-alkyl or cyclic N) is 2. The minimum absolute atomic E-state index is 0.181. The van der Waals surface area contributed by atoms with Crippen molar-refractivity contribution >= 4 is 16.7 Å². The first kappa shape index (κ1) is 23.6. The lowest BCUT2D eigenvalue weighted by Gasteiger charge is -2.57. The molecule has 9 nitrogen and oxygen atoms in total. The van der Waals surface area contributed by atoms with E-state index in [0.717, 1.165) is 48.5 Å². The van der Waals surface area contributed by atoms with E-state index >= 15 is 0 Å². The fourth-order valence-corrected chi connectivity index (χ4v) is 7.91. The average Bonchev–Trinajstić information content (AvgIpc) is 3.55. The van der Waals surface area contributed by atoms with Crippen LogP contribution in [0, 0.1) is 19.3 Å². The topological polar surface area (TPSA) is 95.5 Å². The molecular weight excluding hydrogens is 466 g/mol. The summed E-state index contributed by atoms with van der Waals surface area (Å²) < 4.78 is 4.22. The second-order valence-electron chi connectivity index (χ2n) is 12.4. The van der Waals surface area contributed by atoms with E-state index in [1.54, 1.807) is 0 Å². The van der Waals surface area contributed by atoms with Gasteiger partial charge in [-0.3, -0.25) is 14.3 Å². The van der Waals surface area contributed by atoms with Crippen LogP contribution in [0.3, 0.4) is 0 Å². The SMILES string of the molecule is Cc1cc(N2CCc3c(c(C)nn3CC34CCC(N5C[C@@H](O)[C@@H](O)C5)(CC3)CC4)C2)c2cnn(C)c2n1. The zero-order chi connectivity index (χ0) is 25.5. The van der Waals surface area contributed by atoms with E-state index in [1.165, 1.54) is 55.5 Å². The Labute approximate surface area is 218 Å². The molecule has 198 valence electrons. The van der Waals surface area contributed by atoms with E-state index in [0.29, 0.717) is 18.5 Å². The Morgan fingerprint density at radius 3 is 2.43 bits per heavy atom. The molecule has 2 bridgehead atoms. The molecule has 0 spiro atoms. The number of pyridine rings is 1. The first-order valence-corrected chi connectivity index (χ1v) is 14.0. The lowest BCUT2D eigenvalue weighted by molar-refractivity contribution is -0.0582. The van der Waals surface area contributed by atoms with Gasteiger partial charge in [0.05, 0.1) is 35.2 Å². The lowest BCUT2D eigenvalue weighted by Crippen LogP contribution is -2.57. The number of rotatable bonds is 4. The predicted molar refractivity (Wildman–Crippen MR) is 141 cm³/mol. The van der Waals surface area contributed by atoms with Gasteiger partial charge in [0.15, 0.2) is 5.65 Å². The average molecular weight is 506 g/mol. The molecule has 9 heteroatoms. The van der Waals surface area contributed by atoms with Gasteiger partial charge in [0.2, 0.25) is 0 Å². The third-order valence-electron chi connectivity index (χ3n) is 10.3. The van der Waals surface area contributed by atoms with Crippen molar-refractivity contribution in [3.63, 3.8) is 0 Å². The highest BCUT2D eigenvalue weighted by atomic mass is 16.3. The van der Waals surface area contributed by atoms with E-state index in [4.69, 9.17) is 10.1 Å². The summed E-state index contributed by atoms with van der Waals surface area (Å²) in [5.41, 5.74) is 7.65. The van der Waals surface area contributed by atoms with Crippen molar-refractivity contribution in [1.29, 1.82) is 0 Å². The normalized spacial score (nSPS) is 32.0. The lowest BCUT2D eigenvalue weighted by atomic mass is 9.56. The number of aliphatic hydroxyl groups is 2. The van der Waals surface area contributed by atoms with Crippen molar-refractivity contribution < 1.29 is 10.2 Å². The summed E-state index contributed by atoms with van der Waals surface area (Å²) >= 11 is 0. The smallest absolute Gasteiger partial charge is 0.159 e. The number of likely N-dealkylation sites (tertiary alicyclic amines) is 1. The minimum Gasteiger partial charge on any atom is -0.389 e. The standard InChI is InChI=1S/C28H39N7O2/c1-18-12-23(20-13-29-32(3)26(20)30-18)33-11-4-22-21(14-33)19(2)31-35(22)17-27-5-8-28(9-6-27,10-7-27)34-15-24(36)25(37)16-34/h12-13,24-25,36-37H,4-11,14-17H2,1-3H3/t24-,25+,27?,28?. The van der Waals surface area contributed by atoms with Crippen molar-refractivity contribution in [3.05, 3.63) is 34.9 Å². The first-order valence-electron chi connectivity index (χ1n) is 14.0. The van der Waals surface area contributed by atoms with Crippen molar-refractivity contribution in [2.75, 3.05) is 24.5 Å². The molecule has 3 aliphatic carbocycles. The van der Waals surface area contributed by atoms with Crippen LogP contribution in [0.4, 0.5) is 5.69 Å².